The zero-order valence-corrected chi connectivity index (χ0v) is 17.1. The van der Waals surface area contributed by atoms with Gasteiger partial charge < -0.3 is 26.3 Å². The van der Waals surface area contributed by atoms with Crippen LogP contribution in [0.4, 0.5) is 17.5 Å². The summed E-state index contributed by atoms with van der Waals surface area (Å²) in [4.78, 5) is 28.1. The summed E-state index contributed by atoms with van der Waals surface area (Å²) in [5, 5.41) is 8.96. The van der Waals surface area contributed by atoms with E-state index in [0.29, 0.717) is 17.8 Å². The highest BCUT2D eigenvalue weighted by atomic mass is 16.1. The molecule has 0 spiro atoms. The minimum Gasteiger partial charge on any atom is -0.369 e. The summed E-state index contributed by atoms with van der Waals surface area (Å²) in [6.07, 6.45) is 8.22. The number of rotatable bonds is 5. The monoisotopic (exact) mass is 415 g/mol. The molecule has 0 saturated heterocycles. The van der Waals surface area contributed by atoms with E-state index in [2.05, 4.69) is 31.7 Å². The number of benzene rings is 1. The Kier molecular flexibility index (Phi) is 4.12. The first-order valence-electron chi connectivity index (χ1n) is 10.9. The normalized spacial score (nSPS) is 25.2. The van der Waals surface area contributed by atoms with Crippen molar-refractivity contribution >= 4 is 45.3 Å². The van der Waals surface area contributed by atoms with Crippen LogP contribution < -0.4 is 16.4 Å². The Balaban J connectivity index is 1.35. The zero-order valence-electron chi connectivity index (χ0n) is 17.1. The highest BCUT2D eigenvalue weighted by molar-refractivity contribution is 5.89. The summed E-state index contributed by atoms with van der Waals surface area (Å²) in [6.45, 7) is 0. The molecule has 6 N–H and O–H groups in total. The van der Waals surface area contributed by atoms with Crippen molar-refractivity contribution < 1.29 is 4.79 Å². The van der Waals surface area contributed by atoms with E-state index in [9.17, 15) is 4.79 Å². The first-order chi connectivity index (χ1) is 15.2. The third-order valence-corrected chi connectivity index (χ3v) is 7.02. The summed E-state index contributed by atoms with van der Waals surface area (Å²) in [6, 6.07) is 10.1. The minimum atomic E-state index is -0.204. The molecule has 31 heavy (non-hydrogen) atoms. The molecular formula is C23H25N7O. The van der Waals surface area contributed by atoms with E-state index >= 15 is 0 Å². The number of nitrogens with two attached hydrogens (primary N) is 1. The number of aromatic nitrogens is 4. The van der Waals surface area contributed by atoms with Crippen LogP contribution in [-0.4, -0.2) is 31.9 Å². The fourth-order valence-electron chi connectivity index (χ4n) is 5.65. The van der Waals surface area contributed by atoms with Gasteiger partial charge in [-0.1, -0.05) is 6.42 Å². The van der Waals surface area contributed by atoms with E-state index in [4.69, 9.17) is 10.7 Å². The number of carbonyl (C=O) groups is 1. The lowest BCUT2D eigenvalue weighted by molar-refractivity contribution is -0.123. The van der Waals surface area contributed by atoms with Crippen molar-refractivity contribution in [2.45, 2.75) is 31.7 Å². The molecule has 0 aliphatic heterocycles. The number of anilines is 3. The summed E-state index contributed by atoms with van der Waals surface area (Å²) >= 11 is 0. The average molecular weight is 416 g/mol. The van der Waals surface area contributed by atoms with Crippen LogP contribution in [0.1, 0.15) is 25.7 Å². The van der Waals surface area contributed by atoms with Crippen LogP contribution in [0.15, 0.2) is 42.7 Å². The van der Waals surface area contributed by atoms with Gasteiger partial charge in [-0.2, -0.15) is 9.97 Å². The van der Waals surface area contributed by atoms with Gasteiger partial charge in [0.2, 0.25) is 11.9 Å². The third-order valence-electron chi connectivity index (χ3n) is 7.02. The molecule has 2 bridgehead atoms. The molecule has 2 aliphatic rings. The standard InChI is InChI=1S/C23H25N7O/c24-20(31)18-13-2-1-3-14(10-13)19(18)28-22-16-7-9-26-21(16)29-23(30-22)27-15-4-5-17-12(11-15)6-8-25-17/h4-9,11,13-14,18-19,25H,1-3,10H2,(H2,24,31)(H3,26,27,28,29,30). The van der Waals surface area contributed by atoms with Crippen LogP contribution in [0.25, 0.3) is 21.9 Å². The maximum absolute atomic E-state index is 12.3. The number of hydrogen-bond acceptors (Lipinski definition) is 5. The molecule has 6 rings (SSSR count). The van der Waals surface area contributed by atoms with E-state index in [1.54, 1.807) is 0 Å². The molecule has 1 aromatic carbocycles. The van der Waals surface area contributed by atoms with Crippen molar-refractivity contribution in [1.29, 1.82) is 0 Å². The molecule has 2 fully saturated rings. The largest absolute Gasteiger partial charge is 0.369 e. The van der Waals surface area contributed by atoms with E-state index < -0.39 is 0 Å². The van der Waals surface area contributed by atoms with Crippen LogP contribution in [0, 0.1) is 17.8 Å². The Bertz CT molecular complexity index is 1280. The number of nitrogens with zero attached hydrogens (tertiary/aromatic N) is 2. The molecule has 8 heteroatoms. The van der Waals surface area contributed by atoms with Gasteiger partial charge in [-0.25, -0.2) is 0 Å². The van der Waals surface area contributed by atoms with E-state index in [-0.39, 0.29) is 17.9 Å². The second-order valence-corrected chi connectivity index (χ2v) is 8.83. The van der Waals surface area contributed by atoms with Crippen molar-refractivity contribution in [3.8, 4) is 0 Å². The number of hydrogen-bond donors (Lipinski definition) is 5. The van der Waals surface area contributed by atoms with E-state index in [1.165, 1.54) is 0 Å². The fourth-order valence-corrected chi connectivity index (χ4v) is 5.65. The number of nitrogens with one attached hydrogen (secondary N) is 4. The van der Waals surface area contributed by atoms with E-state index in [0.717, 1.165) is 59.1 Å². The fraction of sp³-hybridized carbons (Fsp3) is 0.348. The number of primary amides is 1. The molecule has 2 saturated carbocycles. The lowest BCUT2D eigenvalue weighted by atomic mass is 9.87. The number of carbonyl (C=O) groups excluding carboxylic acids is 1. The van der Waals surface area contributed by atoms with Crippen molar-refractivity contribution in [2.24, 2.45) is 23.5 Å². The van der Waals surface area contributed by atoms with Gasteiger partial charge in [0.25, 0.3) is 0 Å². The van der Waals surface area contributed by atoms with E-state index in [1.807, 2.05) is 36.7 Å². The summed E-state index contributed by atoms with van der Waals surface area (Å²) in [5.74, 6) is 1.72. The molecule has 4 aromatic rings. The summed E-state index contributed by atoms with van der Waals surface area (Å²) in [5.41, 5.74) is 8.57. The average Bonchev–Trinajstić information content (AvgIpc) is 3.46. The molecule has 8 nitrogen and oxygen atoms in total. The first-order valence-corrected chi connectivity index (χ1v) is 10.9. The van der Waals surface area contributed by atoms with Crippen LogP contribution in [0.2, 0.25) is 0 Å². The van der Waals surface area contributed by atoms with Gasteiger partial charge in [0.05, 0.1) is 11.3 Å². The predicted molar refractivity (Wildman–Crippen MR) is 121 cm³/mol. The Hall–Kier alpha value is -3.55. The minimum absolute atomic E-state index is 0.0158. The molecule has 3 aromatic heterocycles. The third kappa shape index (κ3) is 3.10. The second-order valence-electron chi connectivity index (χ2n) is 8.83. The van der Waals surface area contributed by atoms with Crippen molar-refractivity contribution in [3.63, 3.8) is 0 Å². The molecule has 4 unspecified atom stereocenters. The van der Waals surface area contributed by atoms with Crippen LogP contribution in [0.3, 0.4) is 0 Å². The zero-order chi connectivity index (χ0) is 20.9. The topological polar surface area (TPSA) is 125 Å². The molecule has 0 radical (unpaired) electrons. The quantitative estimate of drug-likeness (QED) is 0.338. The lowest BCUT2D eigenvalue weighted by Crippen LogP contribution is -2.39. The van der Waals surface area contributed by atoms with Gasteiger partial charge in [-0.3, -0.25) is 4.79 Å². The maximum Gasteiger partial charge on any atom is 0.231 e. The molecule has 2 aliphatic carbocycles. The number of fused-ring (bicyclic) bond motifs is 4. The molecule has 4 atom stereocenters. The lowest BCUT2D eigenvalue weighted by Gasteiger charge is -2.25. The van der Waals surface area contributed by atoms with Gasteiger partial charge in [0.15, 0.2) is 0 Å². The van der Waals surface area contributed by atoms with Crippen LogP contribution in [-0.2, 0) is 4.79 Å². The number of H-pyrrole nitrogens is 2. The Morgan fingerprint density at radius 2 is 1.94 bits per heavy atom. The Morgan fingerprint density at radius 3 is 2.84 bits per heavy atom. The molecule has 3 heterocycles. The van der Waals surface area contributed by atoms with Crippen LogP contribution in [0.5, 0.6) is 0 Å². The van der Waals surface area contributed by atoms with Gasteiger partial charge >= 0.3 is 0 Å². The van der Waals surface area contributed by atoms with Gasteiger partial charge in [-0.15, -0.1) is 0 Å². The Labute approximate surface area is 179 Å². The van der Waals surface area contributed by atoms with Gasteiger partial charge in [-0.05, 0) is 61.4 Å². The molecule has 158 valence electrons. The molecular weight excluding hydrogens is 390 g/mol. The number of amides is 1. The SMILES string of the molecule is NC(=O)C1C2CCCC(C2)C1Nc1nc(Nc2ccc3[nH]ccc3c2)nc2[nH]ccc12. The van der Waals surface area contributed by atoms with Crippen LogP contribution >= 0.6 is 0 Å². The number of aromatic amines is 2. The van der Waals surface area contributed by atoms with Crippen molar-refractivity contribution in [2.75, 3.05) is 10.6 Å². The van der Waals surface area contributed by atoms with Gasteiger partial charge in [0, 0.05) is 35.0 Å². The molecule has 1 amide bonds. The first kappa shape index (κ1) is 18.2. The van der Waals surface area contributed by atoms with Gasteiger partial charge in [0.1, 0.15) is 11.5 Å². The summed E-state index contributed by atoms with van der Waals surface area (Å²) in [7, 11) is 0. The smallest absolute Gasteiger partial charge is 0.231 e. The van der Waals surface area contributed by atoms with Crippen molar-refractivity contribution in [1.82, 2.24) is 19.9 Å². The second kappa shape index (κ2) is 7.01. The summed E-state index contributed by atoms with van der Waals surface area (Å²) < 4.78 is 0. The highest BCUT2D eigenvalue weighted by Crippen LogP contribution is 2.47. The highest BCUT2D eigenvalue weighted by Gasteiger charge is 2.48. The predicted octanol–water partition coefficient (Wildman–Crippen LogP) is 3.88. The maximum atomic E-state index is 12.3. The van der Waals surface area contributed by atoms with Crippen molar-refractivity contribution in [3.05, 3.63) is 42.7 Å². The Morgan fingerprint density at radius 1 is 1.06 bits per heavy atom.